The fraction of sp³-hybridized carbons (Fsp3) is 0.200. The van der Waals surface area contributed by atoms with Crippen molar-refractivity contribution < 1.29 is 19.2 Å². The molecular weight excluding hydrogens is 438 g/mol. The Labute approximate surface area is 196 Å². The van der Waals surface area contributed by atoms with Gasteiger partial charge in [-0.1, -0.05) is 65.4 Å². The number of nitrogens with zero attached hydrogens (tertiary/aromatic N) is 2. The van der Waals surface area contributed by atoms with Gasteiger partial charge >= 0.3 is 0 Å². The Morgan fingerprint density at radius 2 is 1.79 bits per heavy atom. The Kier molecular flexibility index (Phi) is 7.36. The second-order valence-corrected chi connectivity index (χ2v) is 8.54. The second kappa shape index (κ2) is 10.8. The minimum absolute atomic E-state index is 0.236. The van der Waals surface area contributed by atoms with Gasteiger partial charge < -0.3 is 9.57 Å². The molecule has 1 unspecified atom stereocenters. The van der Waals surface area contributed by atoms with Gasteiger partial charge in [-0.25, -0.2) is 4.98 Å². The number of hydrogen-bond donors (Lipinski definition) is 1. The van der Waals surface area contributed by atoms with Crippen LogP contribution in [0.1, 0.15) is 18.2 Å². The molecule has 33 heavy (non-hydrogen) atoms. The number of carbonyl (C=O) groups is 2. The molecule has 2 heterocycles. The Morgan fingerprint density at radius 1 is 1.00 bits per heavy atom. The Hall–Kier alpha value is -3.65. The largest absolute Gasteiger partial charge is 0.490 e. The van der Waals surface area contributed by atoms with E-state index in [1.165, 1.54) is 0 Å². The van der Waals surface area contributed by atoms with Crippen LogP contribution in [0.25, 0.3) is 11.3 Å². The molecule has 4 rings (SSSR count). The maximum atomic E-state index is 11.7. The van der Waals surface area contributed by atoms with Gasteiger partial charge in [0, 0.05) is 5.56 Å². The van der Waals surface area contributed by atoms with E-state index < -0.39 is 0 Å². The predicted molar refractivity (Wildman–Crippen MR) is 128 cm³/mol. The van der Waals surface area contributed by atoms with Gasteiger partial charge in [0.25, 0.3) is 5.24 Å². The molecule has 7 nitrogen and oxygen atoms in total. The summed E-state index contributed by atoms with van der Waals surface area (Å²) in [5, 5.41) is 5.79. The molecule has 1 N–H and O–H groups in total. The summed E-state index contributed by atoms with van der Waals surface area (Å²) in [6.07, 6.45) is 0.499. The zero-order valence-electron chi connectivity index (χ0n) is 18.1. The van der Waals surface area contributed by atoms with Gasteiger partial charge in [-0.3, -0.25) is 14.9 Å². The van der Waals surface area contributed by atoms with Crippen molar-refractivity contribution in [3.8, 4) is 17.0 Å². The molecule has 0 spiro atoms. The number of thioether (sulfide) groups is 1. The molecule has 168 valence electrons. The van der Waals surface area contributed by atoms with E-state index in [2.05, 4.69) is 15.5 Å². The first kappa shape index (κ1) is 22.5. The van der Waals surface area contributed by atoms with Crippen LogP contribution in [0, 0.1) is 0 Å². The lowest BCUT2D eigenvalue weighted by molar-refractivity contribution is -0.118. The van der Waals surface area contributed by atoms with E-state index in [1.807, 2.05) is 79.7 Å². The minimum atomic E-state index is -0.373. The summed E-state index contributed by atoms with van der Waals surface area (Å²) in [7, 11) is 0. The third kappa shape index (κ3) is 6.20. The van der Waals surface area contributed by atoms with Crippen LogP contribution in [-0.2, 0) is 16.1 Å². The van der Waals surface area contributed by atoms with E-state index in [0.717, 1.165) is 34.3 Å². The number of ether oxygens (including phenoxy) is 1. The number of amides is 2. The first-order valence-corrected chi connectivity index (χ1v) is 11.4. The molecule has 2 aromatic carbocycles. The van der Waals surface area contributed by atoms with Gasteiger partial charge in [-0.15, -0.1) is 0 Å². The van der Waals surface area contributed by atoms with Gasteiger partial charge in [-0.2, -0.15) is 0 Å². The molecule has 1 aliphatic heterocycles. The van der Waals surface area contributed by atoms with Crippen molar-refractivity contribution in [2.24, 2.45) is 5.16 Å². The zero-order chi connectivity index (χ0) is 23.0. The summed E-state index contributed by atoms with van der Waals surface area (Å²) in [4.78, 5) is 33.0. The molecule has 8 heteroatoms. The molecule has 1 saturated heterocycles. The van der Waals surface area contributed by atoms with Crippen LogP contribution < -0.4 is 10.1 Å². The fourth-order valence-electron chi connectivity index (χ4n) is 3.26. The molecule has 2 amide bonds. The Bertz CT molecular complexity index is 1150. The van der Waals surface area contributed by atoms with Crippen LogP contribution in [0.2, 0.25) is 0 Å². The number of imide groups is 1. The van der Waals surface area contributed by atoms with Crippen LogP contribution in [0.15, 0.2) is 78.0 Å². The first-order valence-electron chi connectivity index (χ1n) is 10.5. The smallest absolute Gasteiger partial charge is 0.286 e. The quantitative estimate of drug-likeness (QED) is 0.287. The molecule has 3 aromatic rings. The standard InChI is InChI=1S/C25H23N3O4S/c1-17(21-8-5-9-22(26-21)19-6-3-2-4-7-19)28-32-15-14-31-20-12-10-18(11-13-20)16-23-24(29)27-25(30)33-23/h2-13,23H,14-16H2,1H3,(H,27,29,30)/b28-17+. The van der Waals surface area contributed by atoms with Crippen molar-refractivity contribution in [3.63, 3.8) is 0 Å². The van der Waals surface area contributed by atoms with Crippen LogP contribution >= 0.6 is 11.8 Å². The maximum absolute atomic E-state index is 11.7. The van der Waals surface area contributed by atoms with Gasteiger partial charge in [0.2, 0.25) is 5.91 Å². The van der Waals surface area contributed by atoms with Crippen molar-refractivity contribution in [3.05, 3.63) is 84.1 Å². The predicted octanol–water partition coefficient (Wildman–Crippen LogP) is 4.46. The molecule has 1 aliphatic rings. The van der Waals surface area contributed by atoms with Crippen molar-refractivity contribution in [2.75, 3.05) is 13.2 Å². The number of carbonyl (C=O) groups excluding carboxylic acids is 2. The van der Waals surface area contributed by atoms with E-state index in [9.17, 15) is 9.59 Å². The molecule has 1 fully saturated rings. The average Bonchev–Trinajstić information content (AvgIpc) is 3.16. The lowest BCUT2D eigenvalue weighted by Gasteiger charge is -2.08. The third-order valence-electron chi connectivity index (χ3n) is 4.95. The summed E-state index contributed by atoms with van der Waals surface area (Å²) in [5.41, 5.74) is 4.33. The van der Waals surface area contributed by atoms with E-state index in [-0.39, 0.29) is 16.4 Å². The number of aromatic nitrogens is 1. The number of benzene rings is 2. The summed E-state index contributed by atoms with van der Waals surface area (Å²) in [6, 6.07) is 23.2. The molecule has 1 atom stereocenters. The Balaban J connectivity index is 1.23. The lowest BCUT2D eigenvalue weighted by atomic mass is 10.1. The van der Waals surface area contributed by atoms with Crippen molar-refractivity contribution in [2.45, 2.75) is 18.6 Å². The van der Waals surface area contributed by atoms with E-state index in [1.54, 1.807) is 0 Å². The summed E-state index contributed by atoms with van der Waals surface area (Å²) in [6.45, 7) is 2.48. The summed E-state index contributed by atoms with van der Waals surface area (Å²) in [5.74, 6) is 0.459. The highest BCUT2D eigenvalue weighted by Crippen LogP contribution is 2.24. The molecule has 0 saturated carbocycles. The number of rotatable bonds is 9. The summed E-state index contributed by atoms with van der Waals surface area (Å²) >= 11 is 1.03. The molecule has 0 aliphatic carbocycles. The van der Waals surface area contributed by atoms with Crippen molar-refractivity contribution >= 4 is 28.6 Å². The van der Waals surface area contributed by atoms with Crippen molar-refractivity contribution in [1.29, 1.82) is 0 Å². The average molecular weight is 462 g/mol. The van der Waals surface area contributed by atoms with E-state index in [4.69, 9.17) is 9.57 Å². The fourth-order valence-corrected chi connectivity index (χ4v) is 4.12. The minimum Gasteiger partial charge on any atom is -0.490 e. The normalized spacial score (nSPS) is 15.9. The second-order valence-electron chi connectivity index (χ2n) is 7.36. The van der Waals surface area contributed by atoms with Crippen LogP contribution in [0.5, 0.6) is 5.75 Å². The monoisotopic (exact) mass is 461 g/mol. The van der Waals surface area contributed by atoms with Gasteiger partial charge in [-0.05, 0) is 43.2 Å². The van der Waals surface area contributed by atoms with Crippen LogP contribution in [-0.4, -0.2) is 40.3 Å². The maximum Gasteiger partial charge on any atom is 0.286 e. The van der Waals surface area contributed by atoms with E-state index in [0.29, 0.717) is 31.1 Å². The lowest BCUT2D eigenvalue weighted by Crippen LogP contribution is -2.25. The zero-order valence-corrected chi connectivity index (χ0v) is 18.9. The van der Waals surface area contributed by atoms with Crippen LogP contribution in [0.4, 0.5) is 4.79 Å². The van der Waals surface area contributed by atoms with Gasteiger partial charge in [0.1, 0.15) is 18.1 Å². The number of hydrogen-bond acceptors (Lipinski definition) is 7. The molecule has 1 aromatic heterocycles. The third-order valence-corrected chi connectivity index (χ3v) is 5.93. The first-order chi connectivity index (χ1) is 16.1. The molecule has 0 radical (unpaired) electrons. The highest BCUT2D eigenvalue weighted by Gasteiger charge is 2.31. The number of oxime groups is 1. The van der Waals surface area contributed by atoms with Gasteiger partial charge in [0.05, 0.1) is 16.6 Å². The number of nitrogens with one attached hydrogen (secondary N) is 1. The van der Waals surface area contributed by atoms with Crippen LogP contribution in [0.3, 0.4) is 0 Å². The Morgan fingerprint density at radius 3 is 2.52 bits per heavy atom. The highest BCUT2D eigenvalue weighted by atomic mass is 32.2. The summed E-state index contributed by atoms with van der Waals surface area (Å²) < 4.78 is 5.69. The van der Waals surface area contributed by atoms with Crippen molar-refractivity contribution in [1.82, 2.24) is 10.3 Å². The highest BCUT2D eigenvalue weighted by molar-refractivity contribution is 8.15. The topological polar surface area (TPSA) is 89.9 Å². The molecular formula is C25H23N3O4S. The number of pyridine rings is 1. The molecule has 0 bridgehead atoms. The van der Waals surface area contributed by atoms with Gasteiger partial charge in [0.15, 0.2) is 6.61 Å². The van der Waals surface area contributed by atoms with E-state index >= 15 is 0 Å². The SMILES string of the molecule is C/C(=N\OCCOc1ccc(CC2SC(=O)NC2=O)cc1)c1cccc(-c2ccccc2)n1.